The zero-order chi connectivity index (χ0) is 18.9. The molecule has 0 atom stereocenters. The van der Waals surface area contributed by atoms with Crippen LogP contribution in [0.4, 0.5) is 5.82 Å². The van der Waals surface area contributed by atoms with Crippen molar-refractivity contribution in [3.05, 3.63) is 90.1 Å². The summed E-state index contributed by atoms with van der Waals surface area (Å²) in [6.07, 6.45) is 3.56. The minimum atomic E-state index is -0.148. The predicted octanol–water partition coefficient (Wildman–Crippen LogP) is 5.76. The van der Waals surface area contributed by atoms with E-state index < -0.39 is 0 Å². The lowest BCUT2D eigenvalue weighted by molar-refractivity contribution is 0.103. The van der Waals surface area contributed by atoms with Crippen molar-refractivity contribution >= 4 is 44.1 Å². The molecule has 5 rings (SSSR count). The van der Waals surface area contributed by atoms with E-state index in [4.69, 9.17) is 0 Å². The lowest BCUT2D eigenvalue weighted by Gasteiger charge is -2.04. The molecule has 0 radical (unpaired) electrons. The number of benzene rings is 2. The van der Waals surface area contributed by atoms with Crippen molar-refractivity contribution in [1.82, 2.24) is 9.97 Å². The molecule has 28 heavy (non-hydrogen) atoms. The Labute approximate surface area is 165 Å². The van der Waals surface area contributed by atoms with Gasteiger partial charge in [0, 0.05) is 22.5 Å². The van der Waals surface area contributed by atoms with Crippen LogP contribution in [0, 0.1) is 0 Å². The maximum atomic E-state index is 12.8. The quantitative estimate of drug-likeness (QED) is 0.432. The molecule has 0 aliphatic carbocycles. The molecular formula is C23H15N3OS. The highest BCUT2D eigenvalue weighted by atomic mass is 32.1. The number of fused-ring (bicyclic) bond motifs is 2. The molecule has 0 bridgehead atoms. The maximum Gasteiger partial charge on any atom is 0.266 e. The molecular weight excluding hydrogens is 366 g/mol. The van der Waals surface area contributed by atoms with Gasteiger partial charge in [-0.1, -0.05) is 36.4 Å². The second kappa shape index (κ2) is 6.87. The van der Waals surface area contributed by atoms with Crippen molar-refractivity contribution in [2.75, 3.05) is 5.32 Å². The highest BCUT2D eigenvalue weighted by molar-refractivity contribution is 7.21. The minimum Gasteiger partial charge on any atom is -0.306 e. The first-order valence-electron chi connectivity index (χ1n) is 8.88. The second-order valence-electron chi connectivity index (χ2n) is 6.41. The number of pyridine rings is 2. The van der Waals surface area contributed by atoms with Gasteiger partial charge in [0.1, 0.15) is 5.82 Å². The summed E-state index contributed by atoms with van der Waals surface area (Å²) in [6, 6.07) is 23.6. The summed E-state index contributed by atoms with van der Waals surface area (Å²) in [5.41, 5.74) is 3.05. The minimum absolute atomic E-state index is 0.148. The summed E-state index contributed by atoms with van der Waals surface area (Å²) in [5.74, 6) is 0.403. The molecule has 5 aromatic rings. The van der Waals surface area contributed by atoms with E-state index in [1.165, 1.54) is 11.3 Å². The normalized spacial score (nSPS) is 11.0. The van der Waals surface area contributed by atoms with E-state index >= 15 is 0 Å². The summed E-state index contributed by atoms with van der Waals surface area (Å²) in [5, 5.41) is 5.02. The summed E-state index contributed by atoms with van der Waals surface area (Å²) in [6.45, 7) is 0. The third-order valence-corrected chi connectivity index (χ3v) is 5.78. The van der Waals surface area contributed by atoms with E-state index in [1.54, 1.807) is 12.4 Å². The van der Waals surface area contributed by atoms with Crippen LogP contribution >= 0.6 is 11.3 Å². The number of nitrogens with one attached hydrogen (secondary N) is 1. The van der Waals surface area contributed by atoms with Crippen molar-refractivity contribution in [3.8, 4) is 11.1 Å². The molecule has 0 spiro atoms. The Kier molecular flexibility index (Phi) is 4.07. The van der Waals surface area contributed by atoms with Crippen molar-refractivity contribution in [2.45, 2.75) is 0 Å². The highest BCUT2D eigenvalue weighted by Gasteiger charge is 2.14. The molecule has 1 N–H and O–H groups in total. The number of para-hydroxylation sites is 1. The molecule has 5 heteroatoms. The standard InChI is InChI=1S/C23H15N3OS/c27-23(26-21-9-8-16-4-1-2-7-19(16)25-21)20-14-17-5-3-6-18(22(17)28-20)15-10-12-24-13-11-15/h1-14H,(H,25,26,27). The van der Waals surface area contributed by atoms with Gasteiger partial charge in [0.15, 0.2) is 0 Å². The predicted molar refractivity (Wildman–Crippen MR) is 115 cm³/mol. The Morgan fingerprint density at radius 1 is 0.857 bits per heavy atom. The number of rotatable bonds is 3. The third-order valence-electron chi connectivity index (χ3n) is 4.60. The van der Waals surface area contributed by atoms with E-state index in [0.29, 0.717) is 10.7 Å². The van der Waals surface area contributed by atoms with Crippen LogP contribution in [0.2, 0.25) is 0 Å². The van der Waals surface area contributed by atoms with Gasteiger partial charge in [0.2, 0.25) is 0 Å². The molecule has 2 aromatic carbocycles. The van der Waals surface area contributed by atoms with Crippen LogP contribution in [-0.4, -0.2) is 15.9 Å². The Morgan fingerprint density at radius 3 is 2.57 bits per heavy atom. The van der Waals surface area contributed by atoms with Crippen molar-refractivity contribution in [1.29, 1.82) is 0 Å². The van der Waals surface area contributed by atoms with Gasteiger partial charge in [-0.2, -0.15) is 0 Å². The van der Waals surface area contributed by atoms with Crippen LogP contribution in [-0.2, 0) is 0 Å². The van der Waals surface area contributed by atoms with Gasteiger partial charge in [-0.05, 0) is 52.9 Å². The van der Waals surface area contributed by atoms with Crippen molar-refractivity contribution in [2.24, 2.45) is 0 Å². The molecule has 0 saturated carbocycles. The number of carbonyl (C=O) groups excluding carboxylic acids is 1. The van der Waals surface area contributed by atoms with E-state index in [1.807, 2.05) is 66.7 Å². The molecule has 3 aromatic heterocycles. The first kappa shape index (κ1) is 16.6. The number of carbonyl (C=O) groups is 1. The van der Waals surface area contributed by atoms with Crippen LogP contribution in [0.5, 0.6) is 0 Å². The zero-order valence-corrected chi connectivity index (χ0v) is 15.6. The molecule has 0 aliphatic heterocycles. The number of aromatic nitrogens is 2. The maximum absolute atomic E-state index is 12.8. The SMILES string of the molecule is O=C(Nc1ccc2ccccc2n1)c1cc2cccc(-c3ccncc3)c2s1. The van der Waals surface area contributed by atoms with E-state index in [9.17, 15) is 4.79 Å². The van der Waals surface area contributed by atoms with Gasteiger partial charge in [0.25, 0.3) is 5.91 Å². The molecule has 0 unspecified atom stereocenters. The van der Waals surface area contributed by atoms with Crippen LogP contribution in [0.3, 0.4) is 0 Å². The summed E-state index contributed by atoms with van der Waals surface area (Å²) in [7, 11) is 0. The Bertz CT molecular complexity index is 1310. The average molecular weight is 381 g/mol. The summed E-state index contributed by atoms with van der Waals surface area (Å²) in [4.78, 5) is 22.1. The Balaban J connectivity index is 1.49. The number of nitrogens with zero attached hydrogens (tertiary/aromatic N) is 2. The highest BCUT2D eigenvalue weighted by Crippen LogP contribution is 2.35. The van der Waals surface area contributed by atoms with Crippen molar-refractivity contribution < 1.29 is 4.79 Å². The Hall–Kier alpha value is -3.57. The van der Waals surface area contributed by atoms with Gasteiger partial charge in [-0.15, -0.1) is 11.3 Å². The smallest absolute Gasteiger partial charge is 0.266 e. The number of hydrogen-bond acceptors (Lipinski definition) is 4. The van der Waals surface area contributed by atoms with Gasteiger partial charge in [-0.3, -0.25) is 9.78 Å². The fourth-order valence-corrected chi connectivity index (χ4v) is 4.34. The van der Waals surface area contributed by atoms with Crippen molar-refractivity contribution in [3.63, 3.8) is 0 Å². The molecule has 0 saturated heterocycles. The lowest BCUT2D eigenvalue weighted by Crippen LogP contribution is -2.11. The molecule has 0 aliphatic rings. The van der Waals surface area contributed by atoms with Gasteiger partial charge >= 0.3 is 0 Å². The number of hydrogen-bond donors (Lipinski definition) is 1. The summed E-state index contributed by atoms with van der Waals surface area (Å²) < 4.78 is 1.09. The molecule has 134 valence electrons. The van der Waals surface area contributed by atoms with Crippen LogP contribution < -0.4 is 5.32 Å². The monoisotopic (exact) mass is 381 g/mol. The zero-order valence-electron chi connectivity index (χ0n) is 14.8. The fraction of sp³-hybridized carbons (Fsp3) is 0. The second-order valence-corrected chi connectivity index (χ2v) is 7.47. The molecule has 1 amide bonds. The van der Waals surface area contributed by atoms with E-state index in [-0.39, 0.29) is 5.91 Å². The van der Waals surface area contributed by atoms with Crippen LogP contribution in [0.25, 0.3) is 32.1 Å². The van der Waals surface area contributed by atoms with Gasteiger partial charge < -0.3 is 5.32 Å². The first-order chi connectivity index (χ1) is 13.8. The summed E-state index contributed by atoms with van der Waals surface area (Å²) >= 11 is 1.49. The lowest BCUT2D eigenvalue weighted by atomic mass is 10.1. The number of amides is 1. The topological polar surface area (TPSA) is 54.9 Å². The van der Waals surface area contributed by atoms with Gasteiger partial charge in [0.05, 0.1) is 10.4 Å². The molecule has 0 fully saturated rings. The molecule has 3 heterocycles. The Morgan fingerprint density at radius 2 is 1.68 bits per heavy atom. The largest absolute Gasteiger partial charge is 0.306 e. The van der Waals surface area contributed by atoms with Gasteiger partial charge in [-0.25, -0.2) is 4.98 Å². The molecule has 4 nitrogen and oxygen atoms in total. The third kappa shape index (κ3) is 3.02. The average Bonchev–Trinajstić information content (AvgIpc) is 3.19. The first-order valence-corrected chi connectivity index (χ1v) is 9.70. The number of thiophene rings is 1. The number of anilines is 1. The van der Waals surface area contributed by atoms with E-state index in [2.05, 4.69) is 21.4 Å². The van der Waals surface area contributed by atoms with E-state index in [0.717, 1.165) is 32.1 Å². The van der Waals surface area contributed by atoms with Crippen LogP contribution in [0.15, 0.2) is 85.2 Å². The fourth-order valence-electron chi connectivity index (χ4n) is 3.25. The van der Waals surface area contributed by atoms with Crippen LogP contribution in [0.1, 0.15) is 9.67 Å².